The van der Waals surface area contributed by atoms with Crippen molar-refractivity contribution in [3.05, 3.63) is 60.7 Å². The average molecular weight is 386 g/mol. The Morgan fingerprint density at radius 3 is 1.76 bits per heavy atom. The molecule has 1 aliphatic rings. The second kappa shape index (κ2) is 7.15. The molecule has 0 radical (unpaired) electrons. The van der Waals surface area contributed by atoms with E-state index in [-0.39, 0.29) is 11.5 Å². The van der Waals surface area contributed by atoms with Crippen molar-refractivity contribution in [1.82, 2.24) is 0 Å². The van der Waals surface area contributed by atoms with Crippen molar-refractivity contribution < 1.29 is 30.9 Å². The maximum Gasteiger partial charge on any atom is 0.587 e. The van der Waals surface area contributed by atoms with Gasteiger partial charge in [-0.2, -0.15) is 0 Å². The van der Waals surface area contributed by atoms with Crippen molar-refractivity contribution in [2.45, 2.75) is 12.3 Å². The number of para-hydroxylation sites is 2. The maximum absolute atomic E-state index is 14.0. The normalized spacial score (nSPS) is 22.4. The lowest BCUT2D eigenvalue weighted by Crippen LogP contribution is -2.24. The van der Waals surface area contributed by atoms with Gasteiger partial charge in [0.05, 0.1) is 11.5 Å². The average Bonchev–Trinajstić information content (AvgIpc) is 2.80. The number of alkyl halides is 1. The molecule has 2 atom stereocenters. The minimum absolute atomic E-state index is 0.193. The van der Waals surface area contributed by atoms with E-state index in [1.807, 2.05) is 0 Å². The Hall–Kier alpha value is -1.89. The monoisotopic (exact) mass is 386 g/mol. The molecule has 0 aliphatic carbocycles. The number of phosphoric ester groups is 1. The van der Waals surface area contributed by atoms with Gasteiger partial charge in [0, 0.05) is 0 Å². The number of hydrogen-bond donors (Lipinski definition) is 0. The van der Waals surface area contributed by atoms with Crippen molar-refractivity contribution in [2.75, 3.05) is 11.5 Å². The van der Waals surface area contributed by atoms with Gasteiger partial charge < -0.3 is 9.05 Å². The van der Waals surface area contributed by atoms with E-state index < -0.39 is 41.4 Å². The lowest BCUT2D eigenvalue weighted by molar-refractivity contribution is 0.104. The molecule has 134 valence electrons. The highest BCUT2D eigenvalue weighted by Gasteiger charge is 2.45. The Labute approximate surface area is 145 Å². The van der Waals surface area contributed by atoms with Gasteiger partial charge in [-0.1, -0.05) is 36.4 Å². The molecule has 6 nitrogen and oxygen atoms in total. The first-order valence-electron chi connectivity index (χ1n) is 7.47. The van der Waals surface area contributed by atoms with E-state index in [9.17, 15) is 17.4 Å². The Bertz CT molecular complexity index is 813. The van der Waals surface area contributed by atoms with E-state index in [4.69, 9.17) is 13.6 Å². The number of hydrogen-bond acceptors (Lipinski definition) is 6. The molecule has 1 heterocycles. The third-order valence-electron chi connectivity index (χ3n) is 3.42. The Morgan fingerprint density at radius 2 is 1.36 bits per heavy atom. The fraction of sp³-hybridized carbons (Fsp3) is 0.250. The summed E-state index contributed by atoms with van der Waals surface area (Å²) in [6.07, 6.45) is -3.21. The summed E-state index contributed by atoms with van der Waals surface area (Å²) >= 11 is 0. The van der Waals surface area contributed by atoms with Crippen molar-refractivity contribution >= 4 is 17.7 Å². The lowest BCUT2D eigenvalue weighted by Gasteiger charge is -2.22. The van der Waals surface area contributed by atoms with Gasteiger partial charge in [0.15, 0.2) is 9.84 Å². The number of halogens is 1. The summed E-state index contributed by atoms with van der Waals surface area (Å²) in [5.41, 5.74) is 0. The molecule has 0 saturated carbocycles. The van der Waals surface area contributed by atoms with Crippen LogP contribution in [-0.2, 0) is 18.9 Å². The molecule has 9 heteroatoms. The minimum atomic E-state index is -4.31. The van der Waals surface area contributed by atoms with Crippen molar-refractivity contribution in [3.8, 4) is 11.5 Å². The summed E-state index contributed by atoms with van der Waals surface area (Å²) in [7, 11) is -7.91. The van der Waals surface area contributed by atoms with Gasteiger partial charge in [-0.15, -0.1) is 0 Å². The highest BCUT2D eigenvalue weighted by atomic mass is 32.2. The van der Waals surface area contributed by atoms with Crippen LogP contribution in [0.5, 0.6) is 11.5 Å². The summed E-state index contributed by atoms with van der Waals surface area (Å²) in [6, 6.07) is 16.2. The minimum Gasteiger partial charge on any atom is -0.395 e. The zero-order valence-electron chi connectivity index (χ0n) is 13.0. The summed E-state index contributed by atoms with van der Waals surface area (Å²) in [6.45, 7) is 0. The molecule has 0 spiro atoms. The van der Waals surface area contributed by atoms with Crippen molar-refractivity contribution in [1.29, 1.82) is 0 Å². The van der Waals surface area contributed by atoms with Crippen LogP contribution in [-0.4, -0.2) is 32.2 Å². The van der Waals surface area contributed by atoms with Gasteiger partial charge >= 0.3 is 7.82 Å². The number of rotatable bonds is 6. The van der Waals surface area contributed by atoms with E-state index >= 15 is 0 Å². The highest BCUT2D eigenvalue weighted by Crippen LogP contribution is 2.51. The first kappa shape index (κ1) is 17.9. The molecule has 0 bridgehead atoms. The molecule has 2 aromatic rings. The van der Waals surface area contributed by atoms with Gasteiger partial charge in [0.25, 0.3) is 0 Å². The third kappa shape index (κ3) is 4.81. The van der Waals surface area contributed by atoms with E-state index in [1.165, 1.54) is 24.3 Å². The molecule has 2 aromatic carbocycles. The quantitative estimate of drug-likeness (QED) is 0.708. The second-order valence-electron chi connectivity index (χ2n) is 5.49. The van der Waals surface area contributed by atoms with Crippen LogP contribution >= 0.6 is 7.82 Å². The molecule has 25 heavy (non-hydrogen) atoms. The standard InChI is InChI=1S/C16H16FO6PS/c17-15-11-25(19,20)12-16(15)23-24(18,21-13-7-3-1-4-8-13)22-14-9-5-2-6-10-14/h1-10,15-16H,11-12H2. The van der Waals surface area contributed by atoms with Crippen LogP contribution in [0.4, 0.5) is 4.39 Å². The molecule has 0 aromatic heterocycles. The SMILES string of the molecule is O=P(Oc1ccccc1)(Oc1ccccc1)OC1CS(=O)(=O)CC1F. The molecule has 1 fully saturated rings. The zero-order chi connectivity index (χ0) is 17.9. The molecular weight excluding hydrogens is 370 g/mol. The summed E-state index contributed by atoms with van der Waals surface area (Å²) in [4.78, 5) is 0. The molecule has 0 N–H and O–H groups in total. The van der Waals surface area contributed by atoms with Crippen molar-refractivity contribution in [3.63, 3.8) is 0 Å². The van der Waals surface area contributed by atoms with Crippen molar-refractivity contribution in [2.24, 2.45) is 0 Å². The molecule has 0 amide bonds. The highest BCUT2D eigenvalue weighted by molar-refractivity contribution is 7.91. The van der Waals surface area contributed by atoms with Crippen LogP contribution in [0.1, 0.15) is 0 Å². The third-order valence-corrected chi connectivity index (χ3v) is 6.48. The van der Waals surface area contributed by atoms with Crippen LogP contribution < -0.4 is 9.05 Å². The van der Waals surface area contributed by atoms with E-state index in [0.29, 0.717) is 0 Å². The van der Waals surface area contributed by atoms with Gasteiger partial charge in [0.1, 0.15) is 23.8 Å². The van der Waals surface area contributed by atoms with E-state index in [0.717, 1.165) is 0 Å². The molecular formula is C16H16FO6PS. The van der Waals surface area contributed by atoms with Gasteiger partial charge in [-0.3, -0.25) is 4.52 Å². The Kier molecular flexibility index (Phi) is 5.13. The second-order valence-corrected chi connectivity index (χ2v) is 9.12. The van der Waals surface area contributed by atoms with Crippen LogP contribution in [0.3, 0.4) is 0 Å². The Balaban J connectivity index is 1.85. The summed E-state index contributed by atoms with van der Waals surface area (Å²) in [5, 5.41) is 0. The van der Waals surface area contributed by atoms with E-state index in [1.54, 1.807) is 36.4 Å². The van der Waals surface area contributed by atoms with Gasteiger partial charge in [0.2, 0.25) is 0 Å². The molecule has 3 rings (SSSR count). The summed E-state index contributed by atoms with van der Waals surface area (Å²) in [5.74, 6) is -0.862. The number of phosphoric acid groups is 1. The smallest absolute Gasteiger partial charge is 0.395 e. The van der Waals surface area contributed by atoms with Gasteiger partial charge in [-0.05, 0) is 24.3 Å². The topological polar surface area (TPSA) is 78.9 Å². The zero-order valence-corrected chi connectivity index (χ0v) is 14.7. The maximum atomic E-state index is 14.0. The predicted octanol–water partition coefficient (Wildman–Crippen LogP) is 3.40. The fourth-order valence-corrected chi connectivity index (χ4v) is 5.45. The first-order chi connectivity index (χ1) is 11.9. The van der Waals surface area contributed by atoms with Gasteiger partial charge in [-0.25, -0.2) is 17.4 Å². The molecule has 1 saturated heterocycles. The Morgan fingerprint density at radius 1 is 0.880 bits per heavy atom. The van der Waals surface area contributed by atoms with Crippen LogP contribution in [0.2, 0.25) is 0 Å². The van der Waals surface area contributed by atoms with Crippen LogP contribution in [0.25, 0.3) is 0 Å². The summed E-state index contributed by atoms with van der Waals surface area (Å²) < 4.78 is 66.0. The van der Waals surface area contributed by atoms with Crippen LogP contribution in [0.15, 0.2) is 60.7 Å². The lowest BCUT2D eigenvalue weighted by atomic mass is 10.3. The molecule has 1 aliphatic heterocycles. The first-order valence-corrected chi connectivity index (χ1v) is 10.8. The predicted molar refractivity (Wildman–Crippen MR) is 90.2 cm³/mol. The van der Waals surface area contributed by atoms with Crippen LogP contribution in [0, 0.1) is 0 Å². The van der Waals surface area contributed by atoms with E-state index in [2.05, 4.69) is 0 Å². The number of sulfone groups is 1. The largest absolute Gasteiger partial charge is 0.587 e. The molecule has 2 unspecified atom stereocenters. The fourth-order valence-electron chi connectivity index (χ4n) is 2.32. The number of benzene rings is 2.